The van der Waals surface area contributed by atoms with Crippen LogP contribution in [0.5, 0.6) is 0 Å². The first-order valence-corrected chi connectivity index (χ1v) is 11.4. The van der Waals surface area contributed by atoms with Gasteiger partial charge in [0.2, 0.25) is 11.8 Å². The van der Waals surface area contributed by atoms with Gasteiger partial charge in [0.05, 0.1) is 11.1 Å². The van der Waals surface area contributed by atoms with Crippen LogP contribution < -0.4 is 16.4 Å². The van der Waals surface area contributed by atoms with E-state index in [1.165, 1.54) is 0 Å². The van der Waals surface area contributed by atoms with Crippen molar-refractivity contribution in [1.82, 2.24) is 10.2 Å². The van der Waals surface area contributed by atoms with Gasteiger partial charge in [-0.05, 0) is 54.7 Å². The fraction of sp³-hybridized carbons (Fsp3) is 0.360. The van der Waals surface area contributed by atoms with E-state index in [0.717, 1.165) is 34.6 Å². The molecule has 0 aliphatic carbocycles. The zero-order valence-corrected chi connectivity index (χ0v) is 18.6. The molecule has 9 heteroatoms. The second-order valence-corrected chi connectivity index (χ2v) is 9.03. The fourth-order valence-electron chi connectivity index (χ4n) is 4.80. The van der Waals surface area contributed by atoms with Crippen LogP contribution in [0.2, 0.25) is 0 Å². The molecular weight excluding hydrogens is 436 g/mol. The normalized spacial score (nSPS) is 21.9. The molecule has 34 heavy (non-hydrogen) atoms. The van der Waals surface area contributed by atoms with E-state index in [1.54, 1.807) is 18.2 Å². The summed E-state index contributed by atoms with van der Waals surface area (Å²) in [5.41, 5.74) is 9.52. The number of anilines is 1. The maximum atomic E-state index is 13.0. The Balaban J connectivity index is 1.30. The van der Waals surface area contributed by atoms with Crippen molar-refractivity contribution in [2.75, 3.05) is 18.5 Å². The van der Waals surface area contributed by atoms with Crippen LogP contribution in [0.1, 0.15) is 57.5 Å². The molecule has 2 saturated heterocycles. The third-order valence-corrected chi connectivity index (χ3v) is 6.82. The summed E-state index contributed by atoms with van der Waals surface area (Å²) >= 11 is 0. The quantitative estimate of drug-likeness (QED) is 0.576. The first-order chi connectivity index (χ1) is 16.4. The lowest BCUT2D eigenvalue weighted by Crippen LogP contribution is -2.54. The smallest absolute Gasteiger partial charge is 0.262 e. The molecule has 3 aliphatic heterocycles. The molecule has 0 aromatic heterocycles. The largest absolute Gasteiger partial charge is 0.381 e. The Hall–Kier alpha value is -3.56. The predicted molar refractivity (Wildman–Crippen MR) is 123 cm³/mol. The van der Waals surface area contributed by atoms with E-state index in [9.17, 15) is 19.2 Å². The van der Waals surface area contributed by atoms with Gasteiger partial charge in [0.15, 0.2) is 0 Å². The zero-order valence-electron chi connectivity index (χ0n) is 18.6. The minimum Gasteiger partial charge on any atom is -0.381 e. The van der Waals surface area contributed by atoms with Crippen molar-refractivity contribution in [3.05, 3.63) is 64.7 Å². The van der Waals surface area contributed by atoms with Gasteiger partial charge >= 0.3 is 0 Å². The Kier molecular flexibility index (Phi) is 5.66. The number of ether oxygens (including phenoxy) is 1. The van der Waals surface area contributed by atoms with E-state index in [2.05, 4.69) is 10.6 Å². The maximum Gasteiger partial charge on any atom is 0.262 e. The Morgan fingerprint density at radius 1 is 1.03 bits per heavy atom. The summed E-state index contributed by atoms with van der Waals surface area (Å²) in [5, 5.41) is 5.57. The maximum absolute atomic E-state index is 13.0. The molecule has 176 valence electrons. The second kappa shape index (κ2) is 8.66. The third-order valence-electron chi connectivity index (χ3n) is 6.82. The van der Waals surface area contributed by atoms with Crippen LogP contribution in [0.25, 0.3) is 0 Å². The van der Waals surface area contributed by atoms with Gasteiger partial charge in [0, 0.05) is 37.4 Å². The summed E-state index contributed by atoms with van der Waals surface area (Å²) in [5.74, 6) is -2.03. The molecule has 0 spiro atoms. The molecule has 1 atom stereocenters. The molecule has 0 saturated carbocycles. The number of fused-ring (bicyclic) bond motifs is 1. The van der Waals surface area contributed by atoms with Crippen LogP contribution >= 0.6 is 0 Å². The van der Waals surface area contributed by atoms with Crippen LogP contribution in [0, 0.1) is 0 Å². The Labute approximate surface area is 196 Å². The van der Waals surface area contributed by atoms with Crippen molar-refractivity contribution in [3.63, 3.8) is 0 Å². The molecule has 4 N–H and O–H groups in total. The summed E-state index contributed by atoms with van der Waals surface area (Å²) in [6, 6.07) is 12.1. The number of carbonyl (C=O) groups excluding carboxylic acids is 4. The van der Waals surface area contributed by atoms with Crippen LogP contribution in [0.4, 0.5) is 5.69 Å². The molecule has 0 bridgehead atoms. The van der Waals surface area contributed by atoms with Crippen LogP contribution in [0.15, 0.2) is 42.5 Å². The molecule has 1 unspecified atom stereocenters. The van der Waals surface area contributed by atoms with Crippen molar-refractivity contribution in [1.29, 1.82) is 0 Å². The van der Waals surface area contributed by atoms with Gasteiger partial charge in [0.25, 0.3) is 11.8 Å². The number of amides is 4. The average Bonchev–Trinajstić information content (AvgIpc) is 3.08. The standard InChI is InChI=1S/C25H26N4O5/c26-25(8-10-34-11-9-25)16-2-1-3-17(13-16)27-14-15-4-5-18-19(12-15)24(33)29(23(18)32)20-6-7-21(30)28-22(20)31/h1-5,12-13,20,27H,6-11,14,26H2,(H,28,30,31). The highest BCUT2D eigenvalue weighted by atomic mass is 16.5. The summed E-state index contributed by atoms with van der Waals surface area (Å²) in [7, 11) is 0. The molecule has 2 fully saturated rings. The number of piperidine rings is 1. The van der Waals surface area contributed by atoms with Gasteiger partial charge < -0.3 is 15.8 Å². The first kappa shape index (κ1) is 22.2. The van der Waals surface area contributed by atoms with Crippen molar-refractivity contribution < 1.29 is 23.9 Å². The summed E-state index contributed by atoms with van der Waals surface area (Å²) in [6.45, 7) is 1.73. The number of nitrogens with zero attached hydrogens (tertiary/aromatic N) is 1. The number of imide groups is 2. The topological polar surface area (TPSA) is 131 Å². The second-order valence-electron chi connectivity index (χ2n) is 9.03. The molecule has 2 aromatic rings. The Morgan fingerprint density at radius 2 is 1.79 bits per heavy atom. The van der Waals surface area contributed by atoms with E-state index in [-0.39, 0.29) is 24.0 Å². The van der Waals surface area contributed by atoms with Gasteiger partial charge in [0.1, 0.15) is 6.04 Å². The average molecular weight is 463 g/mol. The molecule has 3 aliphatic rings. The first-order valence-electron chi connectivity index (χ1n) is 11.4. The summed E-state index contributed by atoms with van der Waals surface area (Å²) < 4.78 is 5.44. The third kappa shape index (κ3) is 3.97. The molecule has 9 nitrogen and oxygen atoms in total. The molecule has 0 radical (unpaired) electrons. The minimum atomic E-state index is -0.969. The molecule has 3 heterocycles. The predicted octanol–water partition coefficient (Wildman–Crippen LogP) is 1.66. The number of hydrogen-bond acceptors (Lipinski definition) is 7. The van der Waals surface area contributed by atoms with Crippen LogP contribution in [-0.4, -0.2) is 47.8 Å². The van der Waals surface area contributed by atoms with E-state index >= 15 is 0 Å². The molecule has 5 rings (SSSR count). The van der Waals surface area contributed by atoms with E-state index in [4.69, 9.17) is 10.5 Å². The van der Waals surface area contributed by atoms with Gasteiger partial charge in [-0.25, -0.2) is 0 Å². The van der Waals surface area contributed by atoms with Crippen LogP contribution in [-0.2, 0) is 26.4 Å². The van der Waals surface area contributed by atoms with E-state index < -0.39 is 35.2 Å². The number of nitrogens with one attached hydrogen (secondary N) is 2. The van der Waals surface area contributed by atoms with Crippen LogP contribution in [0.3, 0.4) is 0 Å². The number of carbonyl (C=O) groups is 4. The van der Waals surface area contributed by atoms with Crippen molar-refractivity contribution in [3.8, 4) is 0 Å². The van der Waals surface area contributed by atoms with Gasteiger partial charge in [-0.3, -0.25) is 29.4 Å². The SMILES string of the molecule is NC1(c2cccc(NCc3ccc4c(c3)C(=O)N(C3CCC(=O)NC3=O)C4=O)c2)CCOCC1. The molecular formula is C25H26N4O5. The Bertz CT molecular complexity index is 1190. The summed E-state index contributed by atoms with van der Waals surface area (Å²) in [6.07, 6.45) is 1.76. The number of benzene rings is 2. The van der Waals surface area contributed by atoms with Crippen molar-refractivity contribution in [2.24, 2.45) is 5.73 Å². The summed E-state index contributed by atoms with van der Waals surface area (Å²) in [4.78, 5) is 50.5. The number of hydrogen-bond donors (Lipinski definition) is 3. The lowest BCUT2D eigenvalue weighted by atomic mass is 9.83. The van der Waals surface area contributed by atoms with Gasteiger partial charge in [-0.1, -0.05) is 18.2 Å². The van der Waals surface area contributed by atoms with Crippen molar-refractivity contribution in [2.45, 2.75) is 43.8 Å². The zero-order chi connectivity index (χ0) is 23.9. The molecule has 4 amide bonds. The highest BCUT2D eigenvalue weighted by Gasteiger charge is 2.44. The minimum absolute atomic E-state index is 0.0924. The Morgan fingerprint density at radius 3 is 2.56 bits per heavy atom. The monoisotopic (exact) mass is 462 g/mol. The lowest BCUT2D eigenvalue weighted by molar-refractivity contribution is -0.136. The highest BCUT2D eigenvalue weighted by Crippen LogP contribution is 2.31. The lowest BCUT2D eigenvalue weighted by Gasteiger charge is -2.34. The van der Waals surface area contributed by atoms with Gasteiger partial charge in [-0.2, -0.15) is 0 Å². The highest BCUT2D eigenvalue weighted by molar-refractivity contribution is 6.23. The van der Waals surface area contributed by atoms with Gasteiger partial charge in [-0.15, -0.1) is 0 Å². The molecule has 2 aromatic carbocycles. The fourth-order valence-corrected chi connectivity index (χ4v) is 4.80. The van der Waals surface area contributed by atoms with E-state index in [0.29, 0.717) is 19.8 Å². The van der Waals surface area contributed by atoms with E-state index in [1.807, 2.05) is 24.3 Å². The number of nitrogens with two attached hydrogens (primary N) is 1. The van der Waals surface area contributed by atoms with Crippen molar-refractivity contribution >= 4 is 29.3 Å². The number of rotatable bonds is 5.